The average Bonchev–Trinajstić information content (AvgIpc) is 2.27. The summed E-state index contributed by atoms with van der Waals surface area (Å²) in [5.41, 5.74) is 1.30. The fourth-order valence-corrected chi connectivity index (χ4v) is 3.29. The maximum absolute atomic E-state index is 12.4. The first-order valence-electron chi connectivity index (χ1n) is 5.39. The van der Waals surface area contributed by atoms with Crippen LogP contribution < -0.4 is 4.74 Å². The van der Waals surface area contributed by atoms with Crippen molar-refractivity contribution >= 4 is 10.0 Å². The van der Waals surface area contributed by atoms with Gasteiger partial charge >= 0.3 is 0 Å². The highest BCUT2D eigenvalue weighted by atomic mass is 32.2. The van der Waals surface area contributed by atoms with Crippen LogP contribution in [0.15, 0.2) is 17.0 Å². The summed E-state index contributed by atoms with van der Waals surface area (Å²) in [6.07, 6.45) is 5.15. The van der Waals surface area contributed by atoms with E-state index in [0.717, 1.165) is 4.31 Å². The summed E-state index contributed by atoms with van der Waals surface area (Å²) in [6, 6.07) is 3.40. The molecule has 98 valence electrons. The molecule has 5 heteroatoms. The minimum atomic E-state index is -3.55. The second-order valence-corrected chi connectivity index (χ2v) is 6.04. The summed E-state index contributed by atoms with van der Waals surface area (Å²) in [6.45, 7) is 3.53. The van der Waals surface area contributed by atoms with Crippen LogP contribution in [0.5, 0.6) is 5.75 Å². The third-order valence-corrected chi connectivity index (χ3v) is 4.76. The van der Waals surface area contributed by atoms with Crippen molar-refractivity contribution in [2.75, 3.05) is 20.7 Å². The van der Waals surface area contributed by atoms with E-state index < -0.39 is 10.0 Å². The number of benzene rings is 1. The van der Waals surface area contributed by atoms with Gasteiger partial charge in [0.2, 0.25) is 10.0 Å². The van der Waals surface area contributed by atoms with Crippen LogP contribution in [0.2, 0.25) is 0 Å². The standard InChI is InChI=1S/C13H17NO3S/c1-6-7-14(4)18(15,16)13-10(2)8-12(17-5)9-11(13)3/h1,8-9H,7H2,2-5H3. The normalized spacial score (nSPS) is 11.3. The molecule has 1 aromatic carbocycles. The predicted octanol–water partition coefficient (Wildman–Crippen LogP) is 1.57. The topological polar surface area (TPSA) is 46.6 Å². The van der Waals surface area contributed by atoms with Gasteiger partial charge in [0, 0.05) is 7.05 Å². The van der Waals surface area contributed by atoms with Crippen molar-refractivity contribution in [3.8, 4) is 18.1 Å². The van der Waals surface area contributed by atoms with Crippen LogP contribution in [0.4, 0.5) is 0 Å². The van der Waals surface area contributed by atoms with Crippen molar-refractivity contribution in [1.29, 1.82) is 0 Å². The first-order chi connectivity index (χ1) is 8.34. The van der Waals surface area contributed by atoms with Gasteiger partial charge in [0.05, 0.1) is 18.6 Å². The molecule has 18 heavy (non-hydrogen) atoms. The molecule has 0 aromatic heterocycles. The molecular weight excluding hydrogens is 250 g/mol. The zero-order valence-corrected chi connectivity index (χ0v) is 11.8. The summed E-state index contributed by atoms with van der Waals surface area (Å²) >= 11 is 0. The highest BCUT2D eigenvalue weighted by Gasteiger charge is 2.24. The molecule has 0 heterocycles. The Morgan fingerprint density at radius 2 is 1.83 bits per heavy atom. The Balaban J connectivity index is 3.39. The second kappa shape index (κ2) is 5.42. The first-order valence-corrected chi connectivity index (χ1v) is 6.83. The van der Waals surface area contributed by atoms with Crippen LogP contribution in [0.1, 0.15) is 11.1 Å². The monoisotopic (exact) mass is 267 g/mol. The van der Waals surface area contributed by atoms with Gasteiger partial charge in [-0.2, -0.15) is 4.31 Å². The van der Waals surface area contributed by atoms with Gasteiger partial charge in [0.15, 0.2) is 0 Å². The van der Waals surface area contributed by atoms with Crippen LogP contribution >= 0.6 is 0 Å². The maximum Gasteiger partial charge on any atom is 0.244 e. The van der Waals surface area contributed by atoms with Crippen molar-refractivity contribution in [2.45, 2.75) is 18.7 Å². The predicted molar refractivity (Wildman–Crippen MR) is 71.1 cm³/mol. The molecule has 0 bridgehead atoms. The molecule has 1 aromatic rings. The van der Waals surface area contributed by atoms with Crippen molar-refractivity contribution in [1.82, 2.24) is 4.31 Å². The Labute approximate surface area is 109 Å². The summed E-state index contributed by atoms with van der Waals surface area (Å²) in [5.74, 6) is 2.97. The Bertz CT molecular complexity index is 562. The van der Waals surface area contributed by atoms with Gasteiger partial charge in [-0.05, 0) is 37.1 Å². The number of hydrogen-bond donors (Lipinski definition) is 0. The van der Waals surface area contributed by atoms with Crippen LogP contribution in [-0.4, -0.2) is 33.4 Å². The molecule has 0 N–H and O–H groups in total. The largest absolute Gasteiger partial charge is 0.497 e. The van der Waals surface area contributed by atoms with Gasteiger partial charge in [-0.15, -0.1) is 6.42 Å². The fraction of sp³-hybridized carbons (Fsp3) is 0.385. The minimum Gasteiger partial charge on any atom is -0.497 e. The van der Waals surface area contributed by atoms with Crippen LogP contribution in [0.3, 0.4) is 0 Å². The van der Waals surface area contributed by atoms with Crippen molar-refractivity contribution in [3.05, 3.63) is 23.3 Å². The smallest absolute Gasteiger partial charge is 0.244 e. The summed E-state index contributed by atoms with van der Waals surface area (Å²) in [7, 11) is -0.533. The number of ether oxygens (including phenoxy) is 1. The van der Waals surface area contributed by atoms with Gasteiger partial charge in [0.25, 0.3) is 0 Å². The molecule has 0 unspecified atom stereocenters. The molecule has 0 aliphatic rings. The van der Waals surface area contributed by atoms with Crippen LogP contribution in [-0.2, 0) is 10.0 Å². The first kappa shape index (κ1) is 14.6. The Hall–Kier alpha value is -1.51. The molecule has 0 amide bonds. The highest BCUT2D eigenvalue weighted by Crippen LogP contribution is 2.27. The van der Waals surface area contributed by atoms with Gasteiger partial charge in [-0.1, -0.05) is 5.92 Å². The molecular formula is C13H17NO3S. The second-order valence-electron chi connectivity index (χ2n) is 4.06. The molecule has 1 rings (SSSR count). The van der Waals surface area contributed by atoms with E-state index >= 15 is 0 Å². The van der Waals surface area contributed by atoms with Crippen molar-refractivity contribution in [3.63, 3.8) is 0 Å². The zero-order chi connectivity index (χ0) is 13.9. The Morgan fingerprint density at radius 1 is 1.33 bits per heavy atom. The van der Waals surface area contributed by atoms with E-state index in [-0.39, 0.29) is 6.54 Å². The van der Waals surface area contributed by atoms with E-state index in [0.29, 0.717) is 21.8 Å². The molecule has 0 saturated heterocycles. The average molecular weight is 267 g/mol. The van der Waals surface area contributed by atoms with Crippen LogP contribution in [0, 0.1) is 26.2 Å². The molecule has 0 spiro atoms. The van der Waals surface area contributed by atoms with E-state index in [2.05, 4.69) is 5.92 Å². The lowest BCUT2D eigenvalue weighted by Gasteiger charge is -2.18. The van der Waals surface area contributed by atoms with Gasteiger partial charge < -0.3 is 4.74 Å². The van der Waals surface area contributed by atoms with Crippen molar-refractivity contribution in [2.24, 2.45) is 0 Å². The van der Waals surface area contributed by atoms with E-state index in [1.54, 1.807) is 33.1 Å². The van der Waals surface area contributed by atoms with E-state index in [1.807, 2.05) is 0 Å². The number of rotatable bonds is 4. The lowest BCUT2D eigenvalue weighted by atomic mass is 10.1. The zero-order valence-electron chi connectivity index (χ0n) is 11.0. The highest BCUT2D eigenvalue weighted by molar-refractivity contribution is 7.89. The summed E-state index contributed by atoms with van der Waals surface area (Å²) < 4.78 is 31.0. The third kappa shape index (κ3) is 2.66. The van der Waals surface area contributed by atoms with Gasteiger partial charge in [-0.3, -0.25) is 0 Å². The molecule has 0 atom stereocenters. The Kier molecular flexibility index (Phi) is 4.38. The number of sulfonamides is 1. The quantitative estimate of drug-likeness (QED) is 0.778. The number of hydrogen-bond acceptors (Lipinski definition) is 3. The van der Waals surface area contributed by atoms with Gasteiger partial charge in [-0.25, -0.2) is 8.42 Å². The number of methoxy groups -OCH3 is 1. The summed E-state index contributed by atoms with van der Waals surface area (Å²) in [4.78, 5) is 0.293. The van der Waals surface area contributed by atoms with Crippen molar-refractivity contribution < 1.29 is 13.2 Å². The summed E-state index contributed by atoms with van der Waals surface area (Å²) in [5, 5.41) is 0. The molecule has 0 saturated carbocycles. The molecule has 0 aliphatic carbocycles. The lowest BCUT2D eigenvalue weighted by molar-refractivity contribution is 0.413. The molecule has 4 nitrogen and oxygen atoms in total. The SMILES string of the molecule is C#CCN(C)S(=O)(=O)c1c(C)cc(OC)cc1C. The van der Waals surface area contributed by atoms with E-state index in [1.165, 1.54) is 7.05 Å². The fourth-order valence-electron chi connectivity index (χ4n) is 1.80. The number of nitrogens with zero attached hydrogens (tertiary/aromatic N) is 1. The minimum absolute atomic E-state index is 0.0489. The van der Waals surface area contributed by atoms with E-state index in [4.69, 9.17) is 11.2 Å². The number of terminal acetylenes is 1. The third-order valence-electron chi connectivity index (χ3n) is 2.65. The maximum atomic E-state index is 12.4. The van der Waals surface area contributed by atoms with Gasteiger partial charge in [0.1, 0.15) is 5.75 Å². The molecule has 0 fully saturated rings. The van der Waals surface area contributed by atoms with E-state index in [9.17, 15) is 8.42 Å². The molecule has 0 aliphatic heterocycles. The Morgan fingerprint density at radius 3 is 2.22 bits per heavy atom. The lowest BCUT2D eigenvalue weighted by Crippen LogP contribution is -2.28. The molecule has 0 radical (unpaired) electrons. The van der Waals surface area contributed by atoms with Crippen LogP contribution in [0.25, 0.3) is 0 Å². The number of aryl methyl sites for hydroxylation is 2.